The standard InChI is InChI=1S/C14H16N4O4/c1-2-22-14(20)12(9-11-5-3-4-6-16-11)13(19)10-21-8-7-17-18-15/h3-6,9H,2,7-8,10H2,1H3. The SMILES string of the molecule is CCOC(=O)C(=Cc1ccccn1)C(=O)COCCN=[N+]=[N-]. The number of hydrogen-bond acceptors (Lipinski definition) is 6. The number of ketones is 1. The van der Waals surface area contributed by atoms with Crippen molar-refractivity contribution in [3.8, 4) is 0 Å². The van der Waals surface area contributed by atoms with Crippen LogP contribution in [0.25, 0.3) is 16.5 Å². The molecule has 0 amide bonds. The maximum absolute atomic E-state index is 12.1. The summed E-state index contributed by atoms with van der Waals surface area (Å²) in [6.45, 7) is 1.71. The lowest BCUT2D eigenvalue weighted by atomic mass is 10.1. The van der Waals surface area contributed by atoms with Crippen LogP contribution in [0.1, 0.15) is 12.6 Å². The summed E-state index contributed by atoms with van der Waals surface area (Å²) < 4.78 is 9.93. The molecule has 1 aromatic rings. The minimum atomic E-state index is -0.725. The number of azide groups is 1. The molecule has 0 aliphatic rings. The highest BCUT2D eigenvalue weighted by Crippen LogP contribution is 2.08. The molecule has 0 aliphatic heterocycles. The van der Waals surface area contributed by atoms with Gasteiger partial charge in [-0.1, -0.05) is 11.2 Å². The zero-order valence-corrected chi connectivity index (χ0v) is 12.1. The molecule has 8 nitrogen and oxygen atoms in total. The number of pyridine rings is 1. The second kappa shape index (κ2) is 10.1. The van der Waals surface area contributed by atoms with Crippen molar-refractivity contribution in [1.82, 2.24) is 4.98 Å². The van der Waals surface area contributed by atoms with Crippen LogP contribution in [0.3, 0.4) is 0 Å². The Bertz CT molecular complexity index is 580. The molecule has 0 N–H and O–H groups in total. The van der Waals surface area contributed by atoms with E-state index in [1.54, 1.807) is 31.3 Å². The average molecular weight is 304 g/mol. The van der Waals surface area contributed by atoms with Crippen LogP contribution in [0.4, 0.5) is 0 Å². The van der Waals surface area contributed by atoms with Crippen LogP contribution in [0.2, 0.25) is 0 Å². The monoisotopic (exact) mass is 304 g/mol. The lowest BCUT2D eigenvalue weighted by Crippen LogP contribution is -2.20. The predicted octanol–water partition coefficient (Wildman–Crippen LogP) is 1.92. The summed E-state index contributed by atoms with van der Waals surface area (Å²) in [5.74, 6) is -1.25. The van der Waals surface area contributed by atoms with Crippen molar-refractivity contribution in [2.45, 2.75) is 6.92 Å². The molecule has 22 heavy (non-hydrogen) atoms. The Kier molecular flexibility index (Phi) is 7.96. The smallest absolute Gasteiger partial charge is 0.341 e. The van der Waals surface area contributed by atoms with E-state index in [4.69, 9.17) is 15.0 Å². The topological polar surface area (TPSA) is 114 Å². The van der Waals surface area contributed by atoms with Crippen molar-refractivity contribution in [3.05, 3.63) is 46.1 Å². The van der Waals surface area contributed by atoms with E-state index in [1.807, 2.05) is 0 Å². The van der Waals surface area contributed by atoms with Gasteiger partial charge in [-0.15, -0.1) is 0 Å². The van der Waals surface area contributed by atoms with E-state index in [1.165, 1.54) is 6.08 Å². The lowest BCUT2D eigenvalue weighted by Gasteiger charge is -2.06. The number of esters is 1. The summed E-state index contributed by atoms with van der Waals surface area (Å²) in [5.41, 5.74) is 8.45. The third kappa shape index (κ3) is 6.17. The van der Waals surface area contributed by atoms with E-state index in [-0.39, 0.29) is 31.9 Å². The summed E-state index contributed by atoms with van der Waals surface area (Å²) >= 11 is 0. The summed E-state index contributed by atoms with van der Waals surface area (Å²) in [4.78, 5) is 30.5. The molecule has 1 aromatic heterocycles. The van der Waals surface area contributed by atoms with Gasteiger partial charge in [-0.3, -0.25) is 9.78 Å². The molecule has 0 bridgehead atoms. The normalized spacial score (nSPS) is 10.7. The van der Waals surface area contributed by atoms with E-state index in [0.29, 0.717) is 5.69 Å². The maximum Gasteiger partial charge on any atom is 0.341 e. The molecule has 0 aliphatic carbocycles. The third-order valence-corrected chi connectivity index (χ3v) is 2.41. The minimum absolute atomic E-state index is 0.0928. The predicted molar refractivity (Wildman–Crippen MR) is 78.7 cm³/mol. The van der Waals surface area contributed by atoms with Gasteiger partial charge in [0, 0.05) is 17.7 Å². The molecule has 1 rings (SSSR count). The van der Waals surface area contributed by atoms with Gasteiger partial charge in [0.1, 0.15) is 12.2 Å². The number of carbonyl (C=O) groups is 2. The number of rotatable bonds is 9. The number of carbonyl (C=O) groups excluding carboxylic acids is 2. The van der Waals surface area contributed by atoms with E-state index >= 15 is 0 Å². The number of ether oxygens (including phenoxy) is 2. The van der Waals surface area contributed by atoms with Crippen LogP contribution in [0.5, 0.6) is 0 Å². The van der Waals surface area contributed by atoms with Crippen LogP contribution in [0, 0.1) is 0 Å². The molecule has 0 saturated heterocycles. The van der Waals surface area contributed by atoms with Gasteiger partial charge in [0.2, 0.25) is 0 Å². The van der Waals surface area contributed by atoms with Gasteiger partial charge in [-0.05, 0) is 30.7 Å². The molecule has 0 aromatic carbocycles. The van der Waals surface area contributed by atoms with Crippen LogP contribution >= 0.6 is 0 Å². The zero-order valence-electron chi connectivity index (χ0n) is 12.1. The fraction of sp³-hybridized carbons (Fsp3) is 0.357. The summed E-state index contributed by atoms with van der Waals surface area (Å²) in [7, 11) is 0. The molecule has 0 saturated carbocycles. The molecule has 8 heteroatoms. The second-order valence-electron chi connectivity index (χ2n) is 3.96. The number of Topliss-reactive ketones (excluding diaryl/α,β-unsaturated/α-hetero) is 1. The molecule has 116 valence electrons. The fourth-order valence-corrected chi connectivity index (χ4v) is 1.46. The first-order valence-electron chi connectivity index (χ1n) is 6.60. The Morgan fingerprint density at radius 2 is 2.27 bits per heavy atom. The van der Waals surface area contributed by atoms with Crippen LogP contribution in [0.15, 0.2) is 35.1 Å². The van der Waals surface area contributed by atoms with Crippen molar-refractivity contribution in [3.63, 3.8) is 0 Å². The quantitative estimate of drug-likeness (QED) is 0.101. The summed E-state index contributed by atoms with van der Waals surface area (Å²) in [5, 5.41) is 3.27. The van der Waals surface area contributed by atoms with Crippen LogP contribution in [-0.2, 0) is 19.1 Å². The molecule has 0 spiro atoms. The average Bonchev–Trinajstić information content (AvgIpc) is 2.53. The Morgan fingerprint density at radius 3 is 2.91 bits per heavy atom. The van der Waals surface area contributed by atoms with Gasteiger partial charge in [0.25, 0.3) is 0 Å². The highest BCUT2D eigenvalue weighted by Gasteiger charge is 2.19. The maximum atomic E-state index is 12.1. The zero-order chi connectivity index (χ0) is 16.2. The number of aromatic nitrogens is 1. The van der Waals surface area contributed by atoms with Crippen molar-refractivity contribution in [2.75, 3.05) is 26.4 Å². The molecule has 0 radical (unpaired) electrons. The summed E-state index contributed by atoms with van der Waals surface area (Å²) in [6.07, 6.45) is 2.91. The fourth-order valence-electron chi connectivity index (χ4n) is 1.46. The van der Waals surface area contributed by atoms with E-state index in [9.17, 15) is 9.59 Å². The van der Waals surface area contributed by atoms with Gasteiger partial charge >= 0.3 is 5.97 Å². The first kappa shape index (κ1) is 17.4. The molecule has 0 atom stereocenters. The number of nitrogens with zero attached hydrogens (tertiary/aromatic N) is 4. The second-order valence-corrected chi connectivity index (χ2v) is 3.96. The minimum Gasteiger partial charge on any atom is -0.462 e. The Balaban J connectivity index is 2.77. The molecular weight excluding hydrogens is 288 g/mol. The van der Waals surface area contributed by atoms with Crippen LogP contribution < -0.4 is 0 Å². The van der Waals surface area contributed by atoms with Gasteiger partial charge < -0.3 is 9.47 Å². The van der Waals surface area contributed by atoms with Gasteiger partial charge in [-0.2, -0.15) is 0 Å². The molecule has 0 unspecified atom stereocenters. The Labute approximate surface area is 127 Å². The largest absolute Gasteiger partial charge is 0.462 e. The van der Waals surface area contributed by atoms with Crippen LogP contribution in [-0.4, -0.2) is 43.1 Å². The van der Waals surface area contributed by atoms with Gasteiger partial charge in [0.05, 0.1) is 18.9 Å². The van der Waals surface area contributed by atoms with Crippen molar-refractivity contribution >= 4 is 17.8 Å². The van der Waals surface area contributed by atoms with Crippen molar-refractivity contribution < 1.29 is 19.1 Å². The van der Waals surface area contributed by atoms with E-state index < -0.39 is 11.8 Å². The lowest BCUT2D eigenvalue weighted by molar-refractivity contribution is -0.140. The number of hydrogen-bond donors (Lipinski definition) is 0. The molecule has 0 fully saturated rings. The van der Waals surface area contributed by atoms with Crippen molar-refractivity contribution in [2.24, 2.45) is 5.11 Å². The Morgan fingerprint density at radius 1 is 1.45 bits per heavy atom. The van der Waals surface area contributed by atoms with E-state index in [0.717, 1.165) is 0 Å². The van der Waals surface area contributed by atoms with Gasteiger partial charge in [-0.25, -0.2) is 4.79 Å². The van der Waals surface area contributed by atoms with E-state index in [2.05, 4.69) is 15.0 Å². The molecular formula is C14H16N4O4. The highest BCUT2D eigenvalue weighted by atomic mass is 16.5. The van der Waals surface area contributed by atoms with Gasteiger partial charge in [0.15, 0.2) is 5.78 Å². The summed E-state index contributed by atoms with van der Waals surface area (Å²) in [6, 6.07) is 5.12. The highest BCUT2D eigenvalue weighted by molar-refractivity contribution is 6.21. The van der Waals surface area contributed by atoms with Crippen molar-refractivity contribution in [1.29, 1.82) is 0 Å². The first-order chi connectivity index (χ1) is 10.7. The molecule has 1 heterocycles. The Hall–Kier alpha value is -2.70. The first-order valence-corrected chi connectivity index (χ1v) is 6.60. The third-order valence-electron chi connectivity index (χ3n) is 2.41.